The fraction of sp³-hybridized carbons (Fsp3) is 0.467. The largest absolute Gasteiger partial charge is 0.396 e. The van der Waals surface area contributed by atoms with Gasteiger partial charge in [0.15, 0.2) is 5.60 Å². The van der Waals surface area contributed by atoms with E-state index in [1.165, 1.54) is 6.92 Å². The first-order valence-electron chi connectivity index (χ1n) is 14.4. The van der Waals surface area contributed by atoms with Crippen LogP contribution in [0.5, 0.6) is 0 Å². The molecule has 0 unspecified atom stereocenters. The summed E-state index contributed by atoms with van der Waals surface area (Å²) in [6, 6.07) is 12.8. The van der Waals surface area contributed by atoms with Gasteiger partial charge in [0.1, 0.15) is 6.10 Å². The van der Waals surface area contributed by atoms with E-state index in [1.807, 2.05) is 37.3 Å². The van der Waals surface area contributed by atoms with Crippen LogP contribution in [-0.4, -0.2) is 64.2 Å². The summed E-state index contributed by atoms with van der Waals surface area (Å²) in [7, 11) is -3.32. The van der Waals surface area contributed by atoms with Gasteiger partial charge in [0.05, 0.1) is 24.0 Å². The van der Waals surface area contributed by atoms with E-state index in [1.54, 1.807) is 41.0 Å². The van der Waals surface area contributed by atoms with Crippen LogP contribution in [-0.2, 0) is 39.4 Å². The number of nitrogens with one attached hydrogen (secondary N) is 1. The van der Waals surface area contributed by atoms with E-state index in [4.69, 9.17) is 4.74 Å². The molecule has 43 heavy (non-hydrogen) atoms. The molecule has 3 N–H and O–H groups in total. The van der Waals surface area contributed by atoms with Crippen molar-refractivity contribution in [3.8, 4) is 0 Å². The van der Waals surface area contributed by atoms with Gasteiger partial charge in [-0.05, 0) is 62.3 Å². The number of nitrogens with zero attached hydrogens (tertiary/aromatic N) is 4. The zero-order valence-electron chi connectivity index (χ0n) is 24.6. The molecule has 5 rings (SSSR count). The maximum atomic E-state index is 16.1. The Labute approximate surface area is 259 Å². The highest BCUT2D eigenvalue weighted by atomic mass is 79.9. The molecule has 2 aliphatic rings. The van der Waals surface area contributed by atoms with Gasteiger partial charge in [-0.3, -0.25) is 14.3 Å². The Hall–Kier alpha value is -2.97. The number of hydrogen-bond acceptors (Lipinski definition) is 7. The maximum absolute atomic E-state index is 16.1. The normalized spacial score (nSPS) is 24.0. The molecule has 1 spiro atoms. The Morgan fingerprint density at radius 2 is 1.98 bits per heavy atom. The average Bonchev–Trinajstić information content (AvgIpc) is 3.58. The molecule has 2 aliphatic heterocycles. The summed E-state index contributed by atoms with van der Waals surface area (Å²) >= 11 is 3.57. The lowest BCUT2D eigenvalue weighted by Gasteiger charge is -2.31. The summed E-state index contributed by atoms with van der Waals surface area (Å²) in [6.07, 6.45) is 0.984. The molecule has 0 bridgehead atoms. The van der Waals surface area contributed by atoms with Crippen LogP contribution >= 0.6 is 15.9 Å². The van der Waals surface area contributed by atoms with Gasteiger partial charge in [-0.25, -0.2) is 0 Å². The molecule has 230 valence electrons. The van der Waals surface area contributed by atoms with Gasteiger partial charge in [-0.1, -0.05) is 40.2 Å². The molecule has 0 aliphatic carbocycles. The number of aliphatic hydroxyl groups excluding tert-OH is 2. The topological polar surface area (TPSA) is 130 Å². The molecule has 5 atom stereocenters. The van der Waals surface area contributed by atoms with Gasteiger partial charge in [0.2, 0.25) is 8.41 Å². The van der Waals surface area contributed by atoms with E-state index in [0.717, 1.165) is 15.6 Å². The van der Waals surface area contributed by atoms with Gasteiger partial charge in [-0.2, -0.15) is 0 Å². The number of aliphatic hydroxyl groups is 2. The molecule has 1 aromatic heterocycles. The van der Waals surface area contributed by atoms with E-state index in [2.05, 4.69) is 31.6 Å². The maximum Gasteiger partial charge on any atom is 0.264 e. The van der Waals surface area contributed by atoms with Crippen LogP contribution in [0.3, 0.4) is 0 Å². The lowest BCUT2D eigenvalue weighted by atomic mass is 9.82. The summed E-state index contributed by atoms with van der Waals surface area (Å²) in [5, 5.41) is 29.6. The van der Waals surface area contributed by atoms with Crippen molar-refractivity contribution in [3.63, 3.8) is 0 Å². The third-order valence-corrected chi connectivity index (χ3v) is 11.4. The fourth-order valence-corrected chi connectivity index (χ4v) is 9.41. The van der Waals surface area contributed by atoms with E-state index < -0.39 is 43.6 Å². The highest BCUT2D eigenvalue weighted by Crippen LogP contribution is 2.60. The smallest absolute Gasteiger partial charge is 0.264 e. The summed E-state index contributed by atoms with van der Waals surface area (Å²) in [5.41, 5.74) is 1.69. The zero-order valence-corrected chi connectivity index (χ0v) is 27.2. The number of aryl methyl sites for hydroxylation is 1. The zero-order chi connectivity index (χ0) is 31.1. The van der Waals surface area contributed by atoms with Gasteiger partial charge in [0, 0.05) is 53.0 Å². The third kappa shape index (κ3) is 6.05. The number of rotatable bonds is 10. The molecule has 13 heteroatoms. The summed E-state index contributed by atoms with van der Waals surface area (Å²) < 4.78 is 25.3. The molecule has 10 nitrogen and oxygen atoms in total. The quantitative estimate of drug-likeness (QED) is 0.216. The van der Waals surface area contributed by atoms with Crippen LogP contribution in [0.15, 0.2) is 53.1 Å². The SMILES string of the molecule is C[C@H](O)C(=O)Nc1ccc(CN2C(=O)[C@]3(O[C@H](CCn4cc(CCO)nn4)[C@@H]([Si](C)(C)F)[C@@H]3C)c3cc(Br)ccc32)cc1. The molecular weight excluding hydrogens is 637 g/mol. The second-order valence-corrected chi connectivity index (χ2v) is 16.6. The van der Waals surface area contributed by atoms with Crippen molar-refractivity contribution in [2.45, 2.75) is 76.2 Å². The van der Waals surface area contributed by atoms with Crippen molar-refractivity contribution in [2.75, 3.05) is 16.8 Å². The van der Waals surface area contributed by atoms with E-state index >= 15 is 4.11 Å². The van der Waals surface area contributed by atoms with Crippen molar-refractivity contribution in [1.82, 2.24) is 15.0 Å². The molecule has 0 radical (unpaired) electrons. The number of carbonyl (C=O) groups is 2. The van der Waals surface area contributed by atoms with Crippen LogP contribution in [0.2, 0.25) is 18.6 Å². The minimum atomic E-state index is -3.32. The van der Waals surface area contributed by atoms with Crippen molar-refractivity contribution in [3.05, 3.63) is 70.0 Å². The summed E-state index contributed by atoms with van der Waals surface area (Å²) in [4.78, 5) is 28.1. The van der Waals surface area contributed by atoms with Crippen LogP contribution in [0.4, 0.5) is 15.5 Å². The summed E-state index contributed by atoms with van der Waals surface area (Å²) in [6.45, 7) is 7.35. The minimum Gasteiger partial charge on any atom is -0.396 e. The Balaban J connectivity index is 1.44. The first kappa shape index (κ1) is 31.5. The Morgan fingerprint density at radius 3 is 2.63 bits per heavy atom. The monoisotopic (exact) mass is 673 g/mol. The number of hydrogen-bond donors (Lipinski definition) is 3. The van der Waals surface area contributed by atoms with Crippen LogP contribution in [0.1, 0.15) is 37.1 Å². The lowest BCUT2D eigenvalue weighted by Crippen LogP contribution is -2.45. The van der Waals surface area contributed by atoms with Crippen LogP contribution < -0.4 is 10.2 Å². The molecule has 1 saturated heterocycles. The molecule has 3 heterocycles. The van der Waals surface area contributed by atoms with Crippen LogP contribution in [0.25, 0.3) is 0 Å². The number of aromatic nitrogens is 3. The number of fused-ring (bicyclic) bond motifs is 2. The van der Waals surface area contributed by atoms with Crippen molar-refractivity contribution in [2.24, 2.45) is 5.92 Å². The van der Waals surface area contributed by atoms with Crippen molar-refractivity contribution >= 4 is 47.5 Å². The molecule has 0 saturated carbocycles. The van der Waals surface area contributed by atoms with Gasteiger partial charge in [0.25, 0.3) is 11.8 Å². The number of carbonyl (C=O) groups excluding carboxylic acids is 2. The molecule has 3 aromatic rings. The second kappa shape index (κ2) is 12.2. The van der Waals surface area contributed by atoms with Gasteiger partial charge >= 0.3 is 0 Å². The predicted molar refractivity (Wildman–Crippen MR) is 166 cm³/mol. The number of ether oxygens (including phenoxy) is 1. The number of amides is 2. The number of anilines is 2. The van der Waals surface area contributed by atoms with E-state index in [9.17, 15) is 19.8 Å². The molecule has 2 amide bonds. The Kier molecular flexibility index (Phi) is 8.92. The average molecular weight is 675 g/mol. The van der Waals surface area contributed by atoms with Crippen LogP contribution in [0, 0.1) is 5.92 Å². The second-order valence-electron chi connectivity index (χ2n) is 11.9. The highest BCUT2D eigenvalue weighted by molar-refractivity contribution is 9.10. The highest BCUT2D eigenvalue weighted by Gasteiger charge is 2.66. The van der Waals surface area contributed by atoms with Crippen molar-refractivity contribution in [1.29, 1.82) is 0 Å². The number of halogens is 2. The Morgan fingerprint density at radius 1 is 1.26 bits per heavy atom. The summed E-state index contributed by atoms with van der Waals surface area (Å²) in [5.74, 6) is -1.15. The molecule has 1 fully saturated rings. The predicted octanol–water partition coefficient (Wildman–Crippen LogP) is 4.31. The minimum absolute atomic E-state index is 0.0224. The third-order valence-electron chi connectivity index (χ3n) is 8.46. The van der Waals surface area contributed by atoms with Gasteiger partial charge < -0.3 is 29.3 Å². The fourth-order valence-electron chi connectivity index (χ4n) is 6.51. The lowest BCUT2D eigenvalue weighted by molar-refractivity contribution is -0.146. The van der Waals surface area contributed by atoms with E-state index in [0.29, 0.717) is 36.5 Å². The molecular formula is C30H37BrFN5O5Si. The Bertz CT molecular complexity index is 1500. The van der Waals surface area contributed by atoms with Crippen molar-refractivity contribution < 1.29 is 28.6 Å². The van der Waals surface area contributed by atoms with Gasteiger partial charge in [-0.15, -0.1) is 5.10 Å². The standard InChI is InChI=1S/C30H37BrFN5O5Si/c1-18-27(43(3,4)32)26(11-13-36-17-23(12-14-38)34-35-36)42-30(18)24-15-21(31)7-10-25(24)37(29(30)41)16-20-5-8-22(9-6-20)33-28(40)19(2)39/h5-10,15,17-19,26-27,38-39H,11-14,16H2,1-4H3,(H,33,40)/t18-,19-,26+,27-,30+/m0/s1. The first-order valence-corrected chi connectivity index (χ1v) is 18.2. The van der Waals surface area contributed by atoms with E-state index in [-0.39, 0.29) is 19.1 Å². The number of benzene rings is 2. The molecule has 2 aromatic carbocycles. The first-order chi connectivity index (χ1) is 20.3.